The largest absolute Gasteiger partial charge is 0.441 e. The summed E-state index contributed by atoms with van der Waals surface area (Å²) in [5.74, 6) is 0.328. The molecule has 3 heterocycles. The van der Waals surface area contributed by atoms with Crippen LogP contribution in [0.1, 0.15) is 0 Å². The van der Waals surface area contributed by atoms with E-state index < -0.39 is 0 Å². The van der Waals surface area contributed by atoms with E-state index in [-0.39, 0.29) is 0 Å². The van der Waals surface area contributed by atoms with E-state index in [2.05, 4.69) is 15.2 Å². The zero-order valence-corrected chi connectivity index (χ0v) is 8.82. The van der Waals surface area contributed by atoms with E-state index in [4.69, 9.17) is 21.8 Å². The summed E-state index contributed by atoms with van der Waals surface area (Å²) < 4.78 is 5.28. The summed E-state index contributed by atoms with van der Waals surface area (Å²) in [5, 5.41) is 7.75. The predicted molar refractivity (Wildman–Crippen MR) is 61.0 cm³/mol. The third kappa shape index (κ3) is 1.25. The maximum atomic E-state index is 5.81. The summed E-state index contributed by atoms with van der Waals surface area (Å²) in [6.45, 7) is 0. The van der Waals surface area contributed by atoms with Gasteiger partial charge < -0.3 is 10.2 Å². The summed E-state index contributed by atoms with van der Waals surface area (Å²) in [6, 6.07) is 1.72. The number of nitrogens with two attached hydrogens (primary N) is 1. The van der Waals surface area contributed by atoms with Gasteiger partial charge in [-0.3, -0.25) is 5.10 Å². The van der Waals surface area contributed by atoms with E-state index in [0.717, 1.165) is 16.5 Å². The molecule has 16 heavy (non-hydrogen) atoms. The molecule has 0 aromatic carbocycles. The number of nitrogens with one attached hydrogen (secondary N) is 1. The fourth-order valence-corrected chi connectivity index (χ4v) is 1.83. The highest BCUT2D eigenvalue weighted by Crippen LogP contribution is 2.33. The van der Waals surface area contributed by atoms with E-state index in [1.165, 1.54) is 0 Å². The minimum atomic E-state index is 0.291. The Labute approximate surface area is 95.2 Å². The zero-order chi connectivity index (χ0) is 11.1. The van der Waals surface area contributed by atoms with E-state index in [9.17, 15) is 0 Å². The number of nitrogen functional groups attached to an aromatic ring is 1. The fourth-order valence-electron chi connectivity index (χ4n) is 1.64. The molecule has 5 nitrogen and oxygen atoms in total. The molecule has 3 aromatic heterocycles. The minimum absolute atomic E-state index is 0.291. The number of hydrogen-bond donors (Lipinski definition) is 2. The SMILES string of the molecule is Nc1ncc(-c2cn[nH]c2)c2cc(Cl)oc12. The zero-order valence-electron chi connectivity index (χ0n) is 8.07. The van der Waals surface area contributed by atoms with E-state index in [1.54, 1.807) is 24.7 Å². The van der Waals surface area contributed by atoms with Gasteiger partial charge in [-0.2, -0.15) is 5.10 Å². The lowest BCUT2D eigenvalue weighted by atomic mass is 10.1. The number of aromatic amines is 1. The van der Waals surface area contributed by atoms with Crippen molar-refractivity contribution in [2.75, 3.05) is 5.73 Å². The second kappa shape index (κ2) is 3.24. The molecule has 3 aromatic rings. The van der Waals surface area contributed by atoms with Crippen LogP contribution in [0.25, 0.3) is 22.1 Å². The summed E-state index contributed by atoms with van der Waals surface area (Å²) in [5.41, 5.74) is 8.00. The van der Waals surface area contributed by atoms with Crippen LogP contribution in [0.3, 0.4) is 0 Å². The number of halogens is 1. The van der Waals surface area contributed by atoms with Crippen LogP contribution in [0.5, 0.6) is 0 Å². The van der Waals surface area contributed by atoms with Gasteiger partial charge in [0.25, 0.3) is 0 Å². The van der Waals surface area contributed by atoms with Crippen molar-refractivity contribution in [1.82, 2.24) is 15.2 Å². The van der Waals surface area contributed by atoms with Gasteiger partial charge in [0.2, 0.25) is 0 Å². The van der Waals surface area contributed by atoms with Gasteiger partial charge in [-0.1, -0.05) is 0 Å². The molecule has 0 amide bonds. The molecule has 0 radical (unpaired) electrons. The topological polar surface area (TPSA) is 80.7 Å². The molecule has 0 fully saturated rings. The third-order valence-corrected chi connectivity index (χ3v) is 2.55. The number of pyridine rings is 1. The van der Waals surface area contributed by atoms with Crippen molar-refractivity contribution < 1.29 is 4.42 Å². The highest BCUT2D eigenvalue weighted by atomic mass is 35.5. The Bertz CT molecular complexity index is 644. The van der Waals surface area contributed by atoms with Crippen molar-refractivity contribution in [3.8, 4) is 11.1 Å². The molecule has 6 heteroatoms. The standard InChI is InChI=1S/C10H7ClN4O/c11-8-1-6-7(5-2-14-15-3-5)4-13-10(12)9(6)16-8/h1-4H,(H2,12,13)(H,14,15). The molecule has 0 atom stereocenters. The van der Waals surface area contributed by atoms with Crippen LogP contribution in [0, 0.1) is 0 Å². The molecular formula is C10H7ClN4O. The minimum Gasteiger partial charge on any atom is -0.441 e. The Morgan fingerprint density at radius 3 is 3.00 bits per heavy atom. The van der Waals surface area contributed by atoms with Crippen LogP contribution in [0.15, 0.2) is 29.1 Å². The summed E-state index contributed by atoms with van der Waals surface area (Å²) in [7, 11) is 0. The number of anilines is 1. The first-order valence-electron chi connectivity index (χ1n) is 4.58. The molecule has 0 aliphatic rings. The van der Waals surface area contributed by atoms with Crippen molar-refractivity contribution in [1.29, 1.82) is 0 Å². The van der Waals surface area contributed by atoms with Crippen molar-refractivity contribution in [2.45, 2.75) is 0 Å². The number of aromatic nitrogens is 3. The highest BCUT2D eigenvalue weighted by Gasteiger charge is 2.12. The van der Waals surface area contributed by atoms with Crippen molar-refractivity contribution in [3.63, 3.8) is 0 Å². The normalized spacial score (nSPS) is 11.1. The number of fused-ring (bicyclic) bond motifs is 1. The van der Waals surface area contributed by atoms with Gasteiger partial charge in [0.1, 0.15) is 0 Å². The average Bonchev–Trinajstić information content (AvgIpc) is 2.87. The Morgan fingerprint density at radius 1 is 1.38 bits per heavy atom. The van der Waals surface area contributed by atoms with Crippen LogP contribution in [0.2, 0.25) is 5.22 Å². The molecule has 0 spiro atoms. The van der Waals surface area contributed by atoms with E-state index >= 15 is 0 Å². The summed E-state index contributed by atoms with van der Waals surface area (Å²) >= 11 is 5.81. The quantitative estimate of drug-likeness (QED) is 0.678. The molecule has 0 saturated heterocycles. The van der Waals surface area contributed by atoms with E-state index in [0.29, 0.717) is 16.6 Å². The lowest BCUT2D eigenvalue weighted by Crippen LogP contribution is -1.90. The number of nitrogens with zero attached hydrogens (tertiary/aromatic N) is 2. The Morgan fingerprint density at radius 2 is 2.25 bits per heavy atom. The number of H-pyrrole nitrogens is 1. The lowest BCUT2D eigenvalue weighted by molar-refractivity contribution is 0.618. The number of rotatable bonds is 1. The molecule has 80 valence electrons. The van der Waals surface area contributed by atoms with Gasteiger partial charge in [0.15, 0.2) is 16.6 Å². The van der Waals surface area contributed by atoms with Gasteiger partial charge in [-0.15, -0.1) is 0 Å². The summed E-state index contributed by atoms with van der Waals surface area (Å²) in [6.07, 6.45) is 5.15. The molecule has 0 unspecified atom stereocenters. The predicted octanol–water partition coefficient (Wildman–Crippen LogP) is 2.45. The third-order valence-electron chi connectivity index (χ3n) is 2.37. The van der Waals surface area contributed by atoms with Gasteiger partial charge >= 0.3 is 0 Å². The molecular weight excluding hydrogens is 228 g/mol. The van der Waals surface area contributed by atoms with Crippen LogP contribution < -0.4 is 5.73 Å². The van der Waals surface area contributed by atoms with Gasteiger partial charge in [-0.05, 0) is 11.6 Å². The Kier molecular flexibility index (Phi) is 1.87. The maximum absolute atomic E-state index is 5.81. The van der Waals surface area contributed by atoms with Crippen molar-refractivity contribution in [2.24, 2.45) is 0 Å². The van der Waals surface area contributed by atoms with Crippen LogP contribution >= 0.6 is 11.6 Å². The van der Waals surface area contributed by atoms with Gasteiger partial charge in [0.05, 0.1) is 6.20 Å². The molecule has 3 rings (SSSR count). The van der Waals surface area contributed by atoms with Crippen LogP contribution in [-0.4, -0.2) is 15.2 Å². The maximum Gasteiger partial charge on any atom is 0.194 e. The first-order valence-corrected chi connectivity index (χ1v) is 4.96. The lowest BCUT2D eigenvalue weighted by Gasteiger charge is -1.99. The number of furan rings is 1. The van der Waals surface area contributed by atoms with Gasteiger partial charge in [0, 0.05) is 35.0 Å². The van der Waals surface area contributed by atoms with Crippen LogP contribution in [0.4, 0.5) is 5.82 Å². The molecule has 0 bridgehead atoms. The van der Waals surface area contributed by atoms with E-state index in [1.807, 2.05) is 0 Å². The Hall–Kier alpha value is -2.01. The fraction of sp³-hybridized carbons (Fsp3) is 0. The second-order valence-electron chi connectivity index (χ2n) is 3.34. The summed E-state index contributed by atoms with van der Waals surface area (Å²) in [4.78, 5) is 4.06. The Balaban J connectivity index is 2.38. The molecule has 0 aliphatic carbocycles. The second-order valence-corrected chi connectivity index (χ2v) is 3.71. The molecule has 0 aliphatic heterocycles. The number of hydrogen-bond acceptors (Lipinski definition) is 4. The molecule has 3 N–H and O–H groups in total. The molecule has 0 saturated carbocycles. The smallest absolute Gasteiger partial charge is 0.194 e. The monoisotopic (exact) mass is 234 g/mol. The van der Waals surface area contributed by atoms with Crippen molar-refractivity contribution >= 4 is 28.4 Å². The van der Waals surface area contributed by atoms with Crippen molar-refractivity contribution in [3.05, 3.63) is 29.9 Å². The van der Waals surface area contributed by atoms with Crippen LogP contribution in [-0.2, 0) is 0 Å². The highest BCUT2D eigenvalue weighted by molar-refractivity contribution is 6.30. The first-order chi connectivity index (χ1) is 7.75. The average molecular weight is 235 g/mol. The first kappa shape index (κ1) is 9.23. The van der Waals surface area contributed by atoms with Gasteiger partial charge in [-0.25, -0.2) is 4.98 Å².